The van der Waals surface area contributed by atoms with E-state index in [1.807, 2.05) is 6.07 Å². The van der Waals surface area contributed by atoms with Crippen LogP contribution in [0.3, 0.4) is 0 Å². The number of hydrogen-bond donors (Lipinski definition) is 2. The maximum Gasteiger partial charge on any atom is 0.109 e. The Morgan fingerprint density at radius 1 is 0.944 bits per heavy atom. The Bertz CT molecular complexity index is 623. The van der Waals surface area contributed by atoms with Crippen LogP contribution in [0, 0.1) is 11.3 Å². The van der Waals surface area contributed by atoms with Crippen LogP contribution in [0.15, 0.2) is 52.7 Å². The maximum absolute atomic E-state index is 8.67. The molecule has 2 rings (SSSR count). The van der Waals surface area contributed by atoms with Crippen LogP contribution in [0.4, 0.5) is 22.7 Å². The smallest absolute Gasteiger partial charge is 0.109 e. The summed E-state index contributed by atoms with van der Waals surface area (Å²) in [7, 11) is 0. The van der Waals surface area contributed by atoms with Crippen LogP contribution in [0.2, 0.25) is 0 Å². The van der Waals surface area contributed by atoms with Crippen LogP contribution in [0.1, 0.15) is 5.56 Å². The third-order valence-corrected chi connectivity index (χ3v) is 2.32. The Hall–Kier alpha value is -2.87. The number of benzene rings is 2. The van der Waals surface area contributed by atoms with E-state index in [4.69, 9.17) is 16.7 Å². The Balaban J connectivity index is 2.22. The van der Waals surface area contributed by atoms with Gasteiger partial charge in [-0.3, -0.25) is 0 Å². The highest BCUT2D eigenvalue weighted by Gasteiger charge is 1.97. The van der Waals surface area contributed by atoms with E-state index in [0.29, 0.717) is 28.3 Å². The first-order valence-corrected chi connectivity index (χ1v) is 5.26. The van der Waals surface area contributed by atoms with Crippen LogP contribution in [0.25, 0.3) is 0 Å². The van der Waals surface area contributed by atoms with Crippen molar-refractivity contribution in [1.82, 2.24) is 0 Å². The van der Waals surface area contributed by atoms with Crippen molar-refractivity contribution in [2.45, 2.75) is 0 Å². The summed E-state index contributed by atoms with van der Waals surface area (Å²) in [6, 6.07) is 13.9. The largest absolute Gasteiger partial charge is 0.399 e. The zero-order chi connectivity index (χ0) is 13.0. The van der Waals surface area contributed by atoms with Gasteiger partial charge in [0.05, 0.1) is 23.0 Å². The van der Waals surface area contributed by atoms with Crippen molar-refractivity contribution in [2.75, 3.05) is 11.5 Å². The van der Waals surface area contributed by atoms with E-state index in [9.17, 15) is 0 Å². The molecule has 0 spiro atoms. The summed E-state index contributed by atoms with van der Waals surface area (Å²) in [5.41, 5.74) is 14.2. The average molecular weight is 237 g/mol. The fraction of sp³-hybridized carbons (Fsp3) is 0. The Morgan fingerprint density at radius 3 is 2.28 bits per heavy atom. The van der Waals surface area contributed by atoms with Gasteiger partial charge in [-0.15, -0.1) is 5.11 Å². The summed E-state index contributed by atoms with van der Waals surface area (Å²) in [6.07, 6.45) is 0. The van der Waals surface area contributed by atoms with Gasteiger partial charge in [0, 0.05) is 5.69 Å². The number of hydrogen-bond acceptors (Lipinski definition) is 5. The summed E-state index contributed by atoms with van der Waals surface area (Å²) < 4.78 is 0. The molecule has 0 aliphatic rings. The molecule has 0 aliphatic heterocycles. The Kier molecular flexibility index (Phi) is 3.21. The Labute approximate surface area is 104 Å². The van der Waals surface area contributed by atoms with Gasteiger partial charge in [-0.2, -0.15) is 10.4 Å². The number of rotatable bonds is 2. The summed E-state index contributed by atoms with van der Waals surface area (Å²) in [5, 5.41) is 16.7. The van der Waals surface area contributed by atoms with E-state index < -0.39 is 0 Å². The van der Waals surface area contributed by atoms with Crippen LogP contribution in [-0.4, -0.2) is 0 Å². The van der Waals surface area contributed by atoms with Crippen molar-refractivity contribution in [1.29, 1.82) is 5.26 Å². The number of nitrogen functional groups attached to an aromatic ring is 2. The highest BCUT2D eigenvalue weighted by molar-refractivity contribution is 5.67. The van der Waals surface area contributed by atoms with E-state index in [2.05, 4.69) is 10.2 Å². The second kappa shape index (κ2) is 4.97. The van der Waals surface area contributed by atoms with E-state index in [1.165, 1.54) is 0 Å². The molecule has 2 aromatic rings. The first kappa shape index (κ1) is 11.6. The number of nitrogens with two attached hydrogens (primary N) is 2. The highest BCUT2D eigenvalue weighted by atomic mass is 15.1. The summed E-state index contributed by atoms with van der Waals surface area (Å²) in [6.45, 7) is 0. The second-order valence-electron chi connectivity index (χ2n) is 3.68. The maximum atomic E-state index is 8.67. The number of nitriles is 1. The van der Waals surface area contributed by atoms with Gasteiger partial charge in [0.25, 0.3) is 0 Å². The molecule has 0 aliphatic carbocycles. The molecule has 0 heterocycles. The van der Waals surface area contributed by atoms with Crippen molar-refractivity contribution in [3.63, 3.8) is 0 Å². The molecule has 0 aromatic heterocycles. The quantitative estimate of drug-likeness (QED) is 0.619. The van der Waals surface area contributed by atoms with Crippen LogP contribution in [0.5, 0.6) is 0 Å². The monoisotopic (exact) mass is 237 g/mol. The molecule has 88 valence electrons. The fourth-order valence-corrected chi connectivity index (χ4v) is 1.38. The molecule has 0 saturated carbocycles. The third-order valence-electron chi connectivity index (χ3n) is 2.32. The van der Waals surface area contributed by atoms with Crippen molar-refractivity contribution >= 4 is 22.7 Å². The SMILES string of the molecule is N#Cc1ccc(/N=N/c2ccc(N)cc2N)cc1. The summed E-state index contributed by atoms with van der Waals surface area (Å²) in [5.74, 6) is 0. The first-order valence-electron chi connectivity index (χ1n) is 5.26. The zero-order valence-electron chi connectivity index (χ0n) is 9.54. The lowest BCUT2D eigenvalue weighted by molar-refractivity contribution is 1.23. The molecule has 0 unspecified atom stereocenters. The molecule has 0 bridgehead atoms. The highest BCUT2D eigenvalue weighted by Crippen LogP contribution is 2.26. The fourth-order valence-electron chi connectivity index (χ4n) is 1.38. The molecular weight excluding hydrogens is 226 g/mol. The van der Waals surface area contributed by atoms with Gasteiger partial charge in [-0.1, -0.05) is 0 Å². The first-order chi connectivity index (χ1) is 8.69. The minimum Gasteiger partial charge on any atom is -0.399 e. The predicted octanol–water partition coefficient (Wildman–Crippen LogP) is 3.14. The number of azo groups is 1. The lowest BCUT2D eigenvalue weighted by Crippen LogP contribution is -1.89. The van der Waals surface area contributed by atoms with E-state index >= 15 is 0 Å². The van der Waals surface area contributed by atoms with Crippen LogP contribution in [-0.2, 0) is 0 Å². The molecule has 18 heavy (non-hydrogen) atoms. The standard InChI is InChI=1S/C13H11N5/c14-8-9-1-4-11(5-2-9)17-18-13-6-3-10(15)7-12(13)16/h1-7H,15-16H2/b18-17+. The van der Waals surface area contributed by atoms with E-state index in [-0.39, 0.29) is 0 Å². The van der Waals surface area contributed by atoms with Gasteiger partial charge >= 0.3 is 0 Å². The third kappa shape index (κ3) is 2.62. The lowest BCUT2D eigenvalue weighted by atomic mass is 10.2. The molecule has 0 radical (unpaired) electrons. The van der Waals surface area contributed by atoms with Gasteiger partial charge in [-0.25, -0.2) is 0 Å². The van der Waals surface area contributed by atoms with Gasteiger partial charge < -0.3 is 11.5 Å². The van der Waals surface area contributed by atoms with Crippen LogP contribution >= 0.6 is 0 Å². The molecule has 2 aromatic carbocycles. The summed E-state index contributed by atoms with van der Waals surface area (Å²) >= 11 is 0. The lowest BCUT2D eigenvalue weighted by Gasteiger charge is -1.99. The van der Waals surface area contributed by atoms with Crippen molar-refractivity contribution in [3.8, 4) is 6.07 Å². The van der Waals surface area contributed by atoms with Gasteiger partial charge in [-0.05, 0) is 42.5 Å². The molecule has 0 fully saturated rings. The number of anilines is 2. The molecule has 0 amide bonds. The normalized spacial score (nSPS) is 10.4. The minimum atomic E-state index is 0.479. The van der Waals surface area contributed by atoms with Gasteiger partial charge in [0.15, 0.2) is 0 Å². The van der Waals surface area contributed by atoms with Crippen molar-refractivity contribution < 1.29 is 0 Å². The summed E-state index contributed by atoms with van der Waals surface area (Å²) in [4.78, 5) is 0. The zero-order valence-corrected chi connectivity index (χ0v) is 9.54. The van der Waals surface area contributed by atoms with Crippen LogP contribution < -0.4 is 11.5 Å². The molecule has 0 atom stereocenters. The molecule has 5 nitrogen and oxygen atoms in total. The molecule has 4 N–H and O–H groups in total. The molecular formula is C13H11N5. The molecule has 0 saturated heterocycles. The van der Waals surface area contributed by atoms with Crippen molar-refractivity contribution in [2.24, 2.45) is 10.2 Å². The topological polar surface area (TPSA) is 101 Å². The van der Waals surface area contributed by atoms with Gasteiger partial charge in [0.1, 0.15) is 5.69 Å². The number of nitrogens with zero attached hydrogens (tertiary/aromatic N) is 3. The van der Waals surface area contributed by atoms with E-state index in [0.717, 1.165) is 0 Å². The second-order valence-corrected chi connectivity index (χ2v) is 3.68. The average Bonchev–Trinajstić information content (AvgIpc) is 2.38. The van der Waals surface area contributed by atoms with Crippen molar-refractivity contribution in [3.05, 3.63) is 48.0 Å². The Morgan fingerprint density at radius 2 is 1.67 bits per heavy atom. The molecule has 5 heteroatoms. The van der Waals surface area contributed by atoms with E-state index in [1.54, 1.807) is 42.5 Å². The predicted molar refractivity (Wildman–Crippen MR) is 70.6 cm³/mol. The minimum absolute atomic E-state index is 0.479. The van der Waals surface area contributed by atoms with Gasteiger partial charge in [0.2, 0.25) is 0 Å².